The van der Waals surface area contributed by atoms with Gasteiger partial charge in [0, 0.05) is 98.1 Å². The molecule has 0 atom stereocenters. The molecule has 0 heterocycles. The van der Waals surface area contributed by atoms with Crippen molar-refractivity contribution in [3.8, 4) is 22.3 Å². The van der Waals surface area contributed by atoms with Crippen LogP contribution in [-0.4, -0.2) is 0 Å². The molecule has 0 amide bonds. The smallest absolute Gasteiger partial charge is 0 e. The second-order valence-corrected chi connectivity index (χ2v) is 5.09. The monoisotopic (exact) mass is 543 g/mol. The van der Waals surface area contributed by atoms with Crippen LogP contribution in [0.3, 0.4) is 0 Å². The number of hydrogen-bond donors (Lipinski definition) is 0. The molecule has 25 heavy (non-hydrogen) atoms. The first-order valence-electron chi connectivity index (χ1n) is 7.23. The molecule has 4 aromatic carbocycles. The van der Waals surface area contributed by atoms with E-state index in [2.05, 4.69) is 54.6 Å². The molecule has 0 unspecified atom stereocenters. The minimum Gasteiger partial charge on any atom is -0.248 e. The molecule has 0 nitrogen and oxygen atoms in total. The Morgan fingerprint density at radius 2 is 1.16 bits per heavy atom. The summed E-state index contributed by atoms with van der Waals surface area (Å²) >= 11 is 0. The molecule has 0 aliphatic heterocycles. The molecule has 113 valence electrons. The summed E-state index contributed by atoms with van der Waals surface area (Å²) in [6.45, 7) is 0. The van der Waals surface area contributed by atoms with Crippen LogP contribution in [0.4, 0.5) is 0 Å². The van der Waals surface area contributed by atoms with Gasteiger partial charge in [0.1, 0.15) is 0 Å². The van der Waals surface area contributed by atoms with Gasteiger partial charge in [-0.2, -0.15) is 36.4 Å². The SMILES string of the molecule is [Y].[Y].[Y].[c-]1ccccc1-c1[c-]cc[c-]c1-c1[c-]ccc2ccccc12. The van der Waals surface area contributed by atoms with E-state index < -0.39 is 0 Å². The van der Waals surface area contributed by atoms with E-state index in [1.165, 1.54) is 10.8 Å². The zero-order chi connectivity index (χ0) is 14.8. The fraction of sp³-hybridized carbons (Fsp3) is 0. The number of hydrogen-bond acceptors (Lipinski definition) is 0. The minimum absolute atomic E-state index is 0. The largest absolute Gasteiger partial charge is 0.248 e. The summed E-state index contributed by atoms with van der Waals surface area (Å²) in [6.07, 6.45) is 0. The van der Waals surface area contributed by atoms with E-state index in [-0.39, 0.29) is 98.1 Å². The molecule has 0 saturated heterocycles. The molecule has 4 rings (SSSR count). The summed E-state index contributed by atoms with van der Waals surface area (Å²) in [5, 5.41) is 2.38. The topological polar surface area (TPSA) is 0 Å². The van der Waals surface area contributed by atoms with Gasteiger partial charge >= 0.3 is 0 Å². The van der Waals surface area contributed by atoms with Crippen LogP contribution in [-0.2, 0) is 98.1 Å². The zero-order valence-corrected chi connectivity index (χ0v) is 22.2. The molecule has 0 saturated carbocycles. The molecular weight excluding hydrogens is 531 g/mol. The molecule has 3 heteroatoms. The van der Waals surface area contributed by atoms with Crippen molar-refractivity contribution in [1.82, 2.24) is 0 Å². The molecule has 0 aliphatic carbocycles. The average Bonchev–Trinajstić information content (AvgIpc) is 2.62. The Morgan fingerprint density at radius 1 is 0.480 bits per heavy atom. The molecule has 4 aromatic rings. The predicted molar refractivity (Wildman–Crippen MR) is 90.2 cm³/mol. The first-order valence-corrected chi connectivity index (χ1v) is 7.23. The van der Waals surface area contributed by atoms with E-state index in [9.17, 15) is 0 Å². The van der Waals surface area contributed by atoms with Crippen molar-refractivity contribution in [3.63, 3.8) is 0 Å². The van der Waals surface area contributed by atoms with E-state index >= 15 is 0 Å². The van der Waals surface area contributed by atoms with Crippen LogP contribution >= 0.6 is 0 Å². The maximum atomic E-state index is 3.37. The van der Waals surface area contributed by atoms with Crippen molar-refractivity contribution in [1.29, 1.82) is 0 Å². The summed E-state index contributed by atoms with van der Waals surface area (Å²) in [4.78, 5) is 0. The van der Waals surface area contributed by atoms with Crippen molar-refractivity contribution in [2.45, 2.75) is 0 Å². The van der Waals surface area contributed by atoms with Crippen molar-refractivity contribution >= 4 is 10.8 Å². The average molecular weight is 543 g/mol. The van der Waals surface area contributed by atoms with E-state index in [0.29, 0.717) is 0 Å². The summed E-state index contributed by atoms with van der Waals surface area (Å²) in [7, 11) is 0. The standard InChI is InChI=1S/C22H12.3Y/c1-2-9-17(10-3-1)19-14-6-7-15-21(19)22-16-8-12-18-11-4-5-13-20(18)22;;;/h1-9,11-13H;;;/q-4;;;. The Labute approximate surface area is 224 Å². The third-order valence-electron chi connectivity index (χ3n) is 3.74. The second kappa shape index (κ2) is 11.3. The van der Waals surface area contributed by atoms with Gasteiger partial charge in [0.2, 0.25) is 0 Å². The van der Waals surface area contributed by atoms with Gasteiger partial charge in [-0.25, -0.2) is 46.5 Å². The fourth-order valence-corrected chi connectivity index (χ4v) is 2.72. The van der Waals surface area contributed by atoms with Crippen molar-refractivity contribution in [2.24, 2.45) is 0 Å². The summed E-state index contributed by atoms with van der Waals surface area (Å²) < 4.78 is 0. The molecule has 0 spiro atoms. The Hall–Kier alpha value is 0.452. The van der Waals surface area contributed by atoms with Crippen molar-refractivity contribution in [2.75, 3.05) is 0 Å². The van der Waals surface area contributed by atoms with Crippen LogP contribution in [0.2, 0.25) is 0 Å². The summed E-state index contributed by atoms with van der Waals surface area (Å²) in [6, 6.07) is 37.5. The van der Waals surface area contributed by atoms with Crippen LogP contribution in [0.1, 0.15) is 0 Å². The van der Waals surface area contributed by atoms with Gasteiger partial charge in [-0.1, -0.05) is 18.2 Å². The van der Waals surface area contributed by atoms with Gasteiger partial charge in [0.15, 0.2) is 0 Å². The van der Waals surface area contributed by atoms with E-state index in [1.54, 1.807) is 0 Å². The Morgan fingerprint density at radius 3 is 1.92 bits per heavy atom. The van der Waals surface area contributed by atoms with Gasteiger partial charge in [-0.05, 0) is 0 Å². The molecule has 3 radical (unpaired) electrons. The fourth-order valence-electron chi connectivity index (χ4n) is 2.72. The number of rotatable bonds is 2. The minimum atomic E-state index is 0. The summed E-state index contributed by atoms with van der Waals surface area (Å²) in [5.41, 5.74) is 4.11. The maximum Gasteiger partial charge on any atom is 0 e. The van der Waals surface area contributed by atoms with Gasteiger partial charge in [-0.3, -0.25) is 0 Å². The first kappa shape index (κ1) is 23.5. The van der Waals surface area contributed by atoms with Crippen molar-refractivity contribution < 1.29 is 98.1 Å². The van der Waals surface area contributed by atoms with Crippen LogP contribution in [0, 0.1) is 24.3 Å². The van der Waals surface area contributed by atoms with Crippen molar-refractivity contribution in [3.05, 3.63) is 97.1 Å². The molecular formula is C22H12Y3-4. The number of benzene rings is 4. The van der Waals surface area contributed by atoms with E-state index in [1.807, 2.05) is 42.5 Å². The van der Waals surface area contributed by atoms with Crippen LogP contribution < -0.4 is 0 Å². The molecule has 0 aliphatic rings. The normalized spacial score (nSPS) is 9.44. The molecule has 0 bridgehead atoms. The van der Waals surface area contributed by atoms with E-state index in [4.69, 9.17) is 0 Å². The molecule has 0 fully saturated rings. The molecule has 0 N–H and O–H groups in total. The van der Waals surface area contributed by atoms with Gasteiger partial charge in [0.25, 0.3) is 0 Å². The van der Waals surface area contributed by atoms with Crippen LogP contribution in [0.15, 0.2) is 72.8 Å². The second-order valence-electron chi connectivity index (χ2n) is 5.09. The van der Waals surface area contributed by atoms with Crippen LogP contribution in [0.25, 0.3) is 33.0 Å². The van der Waals surface area contributed by atoms with Gasteiger partial charge in [-0.15, -0.1) is 29.0 Å². The Balaban J connectivity index is 0.00000104. The third kappa shape index (κ3) is 5.25. The van der Waals surface area contributed by atoms with E-state index in [0.717, 1.165) is 22.3 Å². The summed E-state index contributed by atoms with van der Waals surface area (Å²) in [5.74, 6) is 0. The Bertz CT molecular complexity index is 928. The molecule has 0 aromatic heterocycles. The maximum absolute atomic E-state index is 3.37. The van der Waals surface area contributed by atoms with Gasteiger partial charge in [0.05, 0.1) is 0 Å². The number of fused-ring (bicyclic) bond motifs is 1. The quantitative estimate of drug-likeness (QED) is 0.299. The zero-order valence-electron chi connectivity index (χ0n) is 13.7. The van der Waals surface area contributed by atoms with Crippen LogP contribution in [0.5, 0.6) is 0 Å². The van der Waals surface area contributed by atoms with Gasteiger partial charge < -0.3 is 0 Å². The Kier molecular flexibility index (Phi) is 10.6. The third-order valence-corrected chi connectivity index (χ3v) is 3.74. The predicted octanol–water partition coefficient (Wildman–Crippen LogP) is 5.37. The first-order chi connectivity index (χ1) is 10.9.